The highest BCUT2D eigenvalue weighted by molar-refractivity contribution is 6.38. The van der Waals surface area contributed by atoms with Crippen LogP contribution in [0, 0.1) is 0 Å². The van der Waals surface area contributed by atoms with Crippen molar-refractivity contribution in [2.24, 2.45) is 0 Å². The van der Waals surface area contributed by atoms with Crippen molar-refractivity contribution in [3.63, 3.8) is 0 Å². The van der Waals surface area contributed by atoms with Gasteiger partial charge in [-0.1, -0.05) is 140 Å². The van der Waals surface area contributed by atoms with Gasteiger partial charge in [-0.2, -0.15) is 0 Å². The Kier molecular flexibility index (Phi) is 8.55. The molecule has 1 N–H and O–H groups in total. The lowest BCUT2D eigenvalue weighted by atomic mass is 9.83. The number of para-hydroxylation sites is 1. The lowest BCUT2D eigenvalue weighted by Gasteiger charge is -2.35. The fraction of sp³-hybridized carbons (Fsp3) is 0.0556. The molecule has 0 bridgehead atoms. The largest absolute Gasteiger partial charge is 0.387 e. The number of imide groups is 1. The first kappa shape index (κ1) is 35.3. The van der Waals surface area contributed by atoms with E-state index >= 15 is 9.59 Å². The van der Waals surface area contributed by atoms with Gasteiger partial charge < -0.3 is 10.2 Å². The summed E-state index contributed by atoms with van der Waals surface area (Å²) in [7, 11) is 0. The van der Waals surface area contributed by atoms with Crippen LogP contribution in [-0.2, 0) is 0 Å². The zero-order valence-electron chi connectivity index (χ0n) is 32.6. The van der Waals surface area contributed by atoms with E-state index in [0.29, 0.717) is 29.0 Å². The number of nitrogens with zero attached hydrogens (tertiary/aromatic N) is 3. The van der Waals surface area contributed by atoms with Crippen LogP contribution < -0.4 is 15.1 Å². The topological polar surface area (TPSA) is 65.5 Å². The molecule has 286 valence electrons. The Morgan fingerprint density at radius 2 is 1.23 bits per heavy atom. The van der Waals surface area contributed by atoms with Crippen molar-refractivity contribution in [2.45, 2.75) is 12.0 Å². The molecule has 0 saturated heterocycles. The summed E-state index contributed by atoms with van der Waals surface area (Å²) >= 11 is 0. The van der Waals surface area contributed by atoms with Gasteiger partial charge in [-0.05, 0) is 93.2 Å². The van der Waals surface area contributed by atoms with E-state index in [1.807, 2.05) is 122 Å². The van der Waals surface area contributed by atoms with Crippen LogP contribution in [0.25, 0.3) is 44.5 Å². The molecule has 0 fully saturated rings. The van der Waals surface area contributed by atoms with Crippen molar-refractivity contribution in [3.05, 3.63) is 228 Å². The number of dihydropyridines is 1. The molecule has 6 aromatic carbocycles. The molecule has 2 unspecified atom stereocenters. The molecule has 2 amide bonds. The molecule has 6 nitrogen and oxygen atoms in total. The van der Waals surface area contributed by atoms with E-state index in [2.05, 4.69) is 88.0 Å². The van der Waals surface area contributed by atoms with Gasteiger partial charge in [0.2, 0.25) is 0 Å². The highest BCUT2D eigenvalue weighted by Crippen LogP contribution is 2.56. The van der Waals surface area contributed by atoms with Crippen molar-refractivity contribution < 1.29 is 9.59 Å². The molecular formula is C54H38N4O2. The Balaban J connectivity index is 1.14. The first-order valence-corrected chi connectivity index (χ1v) is 20.3. The SMILES string of the molecule is O=C1c2cccc(N3c4c(C5=CCNC=C5)cccc4C4C=CC=C(c5ccncc5)C43)c2C(=O)N1c1c(-c2ccccc2)cc(-c2ccccc2)cc1-c1ccccc1. The Labute approximate surface area is 348 Å². The Morgan fingerprint density at radius 1 is 0.583 bits per heavy atom. The molecule has 2 atom stereocenters. The van der Waals surface area contributed by atoms with Crippen LogP contribution in [0.15, 0.2) is 201 Å². The summed E-state index contributed by atoms with van der Waals surface area (Å²) in [6.07, 6.45) is 16.5. The van der Waals surface area contributed by atoms with Gasteiger partial charge in [0.1, 0.15) is 0 Å². The number of amides is 2. The van der Waals surface area contributed by atoms with Gasteiger partial charge >= 0.3 is 0 Å². The van der Waals surface area contributed by atoms with Gasteiger partial charge in [-0.25, -0.2) is 4.90 Å². The maximum atomic E-state index is 15.7. The Bertz CT molecular complexity index is 2910. The molecule has 6 heteroatoms. The summed E-state index contributed by atoms with van der Waals surface area (Å²) in [6, 6.07) is 50.7. The number of hydrogen-bond acceptors (Lipinski definition) is 5. The van der Waals surface area contributed by atoms with Crippen LogP contribution in [0.4, 0.5) is 17.1 Å². The molecule has 4 heterocycles. The second kappa shape index (κ2) is 14.5. The van der Waals surface area contributed by atoms with Crippen LogP contribution in [0.1, 0.15) is 43.3 Å². The second-order valence-electron chi connectivity index (χ2n) is 15.4. The third-order valence-corrected chi connectivity index (χ3v) is 12.1. The number of allylic oxidation sites excluding steroid dienone is 4. The fourth-order valence-electron chi connectivity index (χ4n) is 9.48. The highest BCUT2D eigenvalue weighted by atomic mass is 16.2. The number of aromatic nitrogens is 1. The molecule has 0 saturated carbocycles. The number of nitrogens with one attached hydrogen (secondary N) is 1. The Morgan fingerprint density at radius 3 is 1.90 bits per heavy atom. The number of rotatable bonds is 7. The van der Waals surface area contributed by atoms with Gasteiger partial charge in [-0.15, -0.1) is 0 Å². The molecule has 4 aliphatic rings. The van der Waals surface area contributed by atoms with Gasteiger partial charge in [-0.3, -0.25) is 14.6 Å². The zero-order valence-corrected chi connectivity index (χ0v) is 32.6. The number of carbonyl (C=O) groups is 2. The maximum absolute atomic E-state index is 15.7. The molecule has 1 aromatic heterocycles. The molecule has 0 radical (unpaired) electrons. The van der Waals surface area contributed by atoms with Gasteiger partial charge in [0.05, 0.1) is 34.2 Å². The van der Waals surface area contributed by atoms with E-state index in [4.69, 9.17) is 0 Å². The summed E-state index contributed by atoms with van der Waals surface area (Å²) in [4.78, 5) is 39.1. The van der Waals surface area contributed by atoms with E-state index in [9.17, 15) is 0 Å². The smallest absolute Gasteiger partial charge is 0.268 e. The van der Waals surface area contributed by atoms with Gasteiger partial charge in [0.25, 0.3) is 11.8 Å². The van der Waals surface area contributed by atoms with Crippen molar-refractivity contribution in [3.8, 4) is 33.4 Å². The lowest BCUT2D eigenvalue weighted by molar-refractivity contribution is 0.0926. The standard InChI is InChI=1S/C54H38N4O2/c59-53-45-23-12-24-48(57-50-41(38-25-29-55-30-26-38)19-10-21-43(50)44-22-11-20-42(51(44)57)39-27-31-56-32-28-39)49(45)54(60)58(53)52-46(36-15-6-2-7-16-36)33-40(35-13-4-1-5-14-35)34-47(52)37-17-8-3-9-18-37/h1-31,33-34,43,50,56H,32H2. The van der Waals surface area contributed by atoms with Crippen molar-refractivity contribution in [1.29, 1.82) is 0 Å². The minimum absolute atomic E-state index is 0.0153. The lowest BCUT2D eigenvalue weighted by Crippen LogP contribution is -2.34. The van der Waals surface area contributed by atoms with Crippen molar-refractivity contribution in [1.82, 2.24) is 10.3 Å². The van der Waals surface area contributed by atoms with Crippen molar-refractivity contribution in [2.75, 3.05) is 16.3 Å². The highest BCUT2D eigenvalue weighted by Gasteiger charge is 2.48. The minimum atomic E-state index is -0.350. The number of pyridine rings is 1. The van der Waals surface area contributed by atoms with Crippen LogP contribution in [0.2, 0.25) is 0 Å². The molecule has 11 rings (SSSR count). The fourth-order valence-corrected chi connectivity index (χ4v) is 9.48. The average Bonchev–Trinajstić information content (AvgIpc) is 3.80. The van der Waals surface area contributed by atoms with Crippen LogP contribution in [0.5, 0.6) is 0 Å². The predicted octanol–water partition coefficient (Wildman–Crippen LogP) is 11.6. The van der Waals surface area contributed by atoms with E-state index in [0.717, 1.165) is 61.3 Å². The summed E-state index contributed by atoms with van der Waals surface area (Å²) in [5.74, 6) is -0.712. The van der Waals surface area contributed by atoms with Gasteiger partial charge in [0, 0.05) is 41.5 Å². The Hall–Kier alpha value is -7.83. The monoisotopic (exact) mass is 774 g/mol. The first-order valence-electron chi connectivity index (χ1n) is 20.3. The van der Waals surface area contributed by atoms with Crippen molar-refractivity contribution >= 4 is 40.0 Å². The molecule has 60 heavy (non-hydrogen) atoms. The maximum Gasteiger partial charge on any atom is 0.268 e. The molecule has 7 aromatic rings. The number of anilines is 3. The molecule has 3 aliphatic heterocycles. The third kappa shape index (κ3) is 5.68. The molecule has 0 spiro atoms. The van der Waals surface area contributed by atoms with Crippen LogP contribution >= 0.6 is 0 Å². The second-order valence-corrected chi connectivity index (χ2v) is 15.4. The number of benzene rings is 6. The number of carbonyl (C=O) groups excluding carboxylic acids is 2. The van der Waals surface area contributed by atoms with E-state index in [-0.39, 0.29) is 23.8 Å². The minimum Gasteiger partial charge on any atom is -0.387 e. The third-order valence-electron chi connectivity index (χ3n) is 12.1. The first-order chi connectivity index (χ1) is 29.7. The summed E-state index contributed by atoms with van der Waals surface area (Å²) in [5, 5.41) is 3.30. The van der Waals surface area contributed by atoms with Crippen LogP contribution in [0.3, 0.4) is 0 Å². The zero-order chi connectivity index (χ0) is 40.2. The number of fused-ring (bicyclic) bond motifs is 4. The molecule has 1 aliphatic carbocycles. The van der Waals surface area contributed by atoms with E-state index in [1.54, 1.807) is 6.07 Å². The normalized spacial score (nSPS) is 17.5. The van der Waals surface area contributed by atoms with Gasteiger partial charge in [0.15, 0.2) is 0 Å². The number of hydrogen-bond donors (Lipinski definition) is 1. The predicted molar refractivity (Wildman–Crippen MR) is 242 cm³/mol. The van der Waals surface area contributed by atoms with E-state index < -0.39 is 0 Å². The van der Waals surface area contributed by atoms with E-state index in [1.165, 1.54) is 10.5 Å². The summed E-state index contributed by atoms with van der Waals surface area (Å²) in [5.41, 5.74) is 14.0. The quantitative estimate of drug-likeness (QED) is 0.163. The summed E-state index contributed by atoms with van der Waals surface area (Å²) in [6.45, 7) is 0.712. The van der Waals surface area contributed by atoms with Crippen LogP contribution in [-0.4, -0.2) is 29.4 Å². The summed E-state index contributed by atoms with van der Waals surface area (Å²) < 4.78 is 0. The average molecular weight is 775 g/mol. The molecular weight excluding hydrogens is 737 g/mol.